The zero-order valence-corrected chi connectivity index (χ0v) is 12.5. The molecule has 1 saturated heterocycles. The molecular formula is C17H22FN3. The minimum absolute atomic E-state index is 0.124. The van der Waals surface area contributed by atoms with Crippen molar-refractivity contribution in [2.24, 2.45) is 0 Å². The smallest absolute Gasteiger partial charge is 0.123 e. The molecule has 0 spiro atoms. The predicted octanol–water partition coefficient (Wildman–Crippen LogP) is 3.21. The van der Waals surface area contributed by atoms with Crippen molar-refractivity contribution in [2.75, 3.05) is 19.6 Å². The van der Waals surface area contributed by atoms with Crippen LogP contribution in [0.1, 0.15) is 30.1 Å². The number of rotatable bonds is 5. The van der Waals surface area contributed by atoms with E-state index in [1.54, 1.807) is 6.07 Å². The van der Waals surface area contributed by atoms with Crippen LogP contribution in [0.3, 0.4) is 0 Å². The van der Waals surface area contributed by atoms with Crippen molar-refractivity contribution in [3.05, 3.63) is 53.9 Å². The lowest BCUT2D eigenvalue weighted by Crippen LogP contribution is -2.22. The molecule has 21 heavy (non-hydrogen) atoms. The summed E-state index contributed by atoms with van der Waals surface area (Å²) in [7, 11) is 0. The number of likely N-dealkylation sites (tertiary alicyclic amines) is 1. The highest BCUT2D eigenvalue weighted by molar-refractivity contribution is 5.22. The molecule has 2 aromatic rings. The summed E-state index contributed by atoms with van der Waals surface area (Å²) in [5.41, 5.74) is 1.14. The molecule has 0 unspecified atom stereocenters. The first-order chi connectivity index (χ1) is 10.2. The van der Waals surface area contributed by atoms with Crippen LogP contribution < -0.4 is 0 Å². The van der Waals surface area contributed by atoms with Gasteiger partial charge in [-0.2, -0.15) is 0 Å². The van der Waals surface area contributed by atoms with Crippen LogP contribution >= 0.6 is 0 Å². The van der Waals surface area contributed by atoms with Crippen molar-refractivity contribution < 1.29 is 4.39 Å². The molecule has 3 nitrogen and oxygen atoms in total. The maximum Gasteiger partial charge on any atom is 0.123 e. The van der Waals surface area contributed by atoms with E-state index in [1.165, 1.54) is 6.07 Å². The van der Waals surface area contributed by atoms with Crippen LogP contribution in [-0.4, -0.2) is 34.1 Å². The Balaban J connectivity index is 1.48. The maximum absolute atomic E-state index is 13.3. The zero-order valence-electron chi connectivity index (χ0n) is 12.5. The third-order valence-electron chi connectivity index (χ3n) is 4.39. The SMILES string of the molecule is Cc1nccn1CCCN1CC[C@@H](c2cccc(F)c2)C1. The van der Waals surface area contributed by atoms with E-state index in [-0.39, 0.29) is 5.82 Å². The quantitative estimate of drug-likeness (QED) is 0.842. The Labute approximate surface area is 125 Å². The zero-order chi connectivity index (χ0) is 14.7. The second kappa shape index (κ2) is 6.39. The van der Waals surface area contributed by atoms with Crippen molar-refractivity contribution in [1.82, 2.24) is 14.5 Å². The fourth-order valence-electron chi connectivity index (χ4n) is 3.17. The first-order valence-electron chi connectivity index (χ1n) is 7.68. The highest BCUT2D eigenvalue weighted by Gasteiger charge is 2.23. The van der Waals surface area contributed by atoms with E-state index in [9.17, 15) is 4.39 Å². The van der Waals surface area contributed by atoms with E-state index in [0.29, 0.717) is 5.92 Å². The summed E-state index contributed by atoms with van der Waals surface area (Å²) in [6, 6.07) is 7.06. The van der Waals surface area contributed by atoms with Crippen molar-refractivity contribution >= 4 is 0 Å². The van der Waals surface area contributed by atoms with E-state index in [1.807, 2.05) is 31.5 Å². The molecule has 1 aromatic carbocycles. The lowest BCUT2D eigenvalue weighted by Gasteiger charge is -2.16. The third kappa shape index (κ3) is 3.50. The topological polar surface area (TPSA) is 21.1 Å². The van der Waals surface area contributed by atoms with Gasteiger partial charge in [0, 0.05) is 25.5 Å². The van der Waals surface area contributed by atoms with Crippen LogP contribution in [0, 0.1) is 12.7 Å². The molecule has 1 aliphatic heterocycles. The summed E-state index contributed by atoms with van der Waals surface area (Å²) in [5, 5.41) is 0. The van der Waals surface area contributed by atoms with E-state index < -0.39 is 0 Å². The Hall–Kier alpha value is -1.68. The summed E-state index contributed by atoms with van der Waals surface area (Å²) in [5.74, 6) is 1.44. The highest BCUT2D eigenvalue weighted by atomic mass is 19.1. The van der Waals surface area contributed by atoms with Gasteiger partial charge in [-0.3, -0.25) is 0 Å². The lowest BCUT2D eigenvalue weighted by atomic mass is 9.98. The number of imidazole rings is 1. The average molecular weight is 287 g/mol. The minimum atomic E-state index is -0.124. The number of hydrogen-bond donors (Lipinski definition) is 0. The number of halogens is 1. The van der Waals surface area contributed by atoms with Gasteiger partial charge in [0.15, 0.2) is 0 Å². The van der Waals surface area contributed by atoms with Crippen molar-refractivity contribution in [3.63, 3.8) is 0 Å². The number of aryl methyl sites for hydroxylation is 2. The van der Waals surface area contributed by atoms with Crippen LogP contribution in [0.15, 0.2) is 36.7 Å². The summed E-state index contributed by atoms with van der Waals surface area (Å²) < 4.78 is 15.5. The number of hydrogen-bond acceptors (Lipinski definition) is 2. The largest absolute Gasteiger partial charge is 0.335 e. The van der Waals surface area contributed by atoms with Crippen LogP contribution in [0.2, 0.25) is 0 Å². The molecule has 0 saturated carbocycles. The van der Waals surface area contributed by atoms with Crippen LogP contribution in [0.5, 0.6) is 0 Å². The molecule has 0 amide bonds. The van der Waals surface area contributed by atoms with Gasteiger partial charge < -0.3 is 9.47 Å². The molecule has 0 N–H and O–H groups in total. The van der Waals surface area contributed by atoms with Gasteiger partial charge in [0.25, 0.3) is 0 Å². The van der Waals surface area contributed by atoms with Crippen LogP contribution in [-0.2, 0) is 6.54 Å². The van der Waals surface area contributed by atoms with Crippen molar-refractivity contribution in [1.29, 1.82) is 0 Å². The van der Waals surface area contributed by atoms with E-state index in [2.05, 4.69) is 14.5 Å². The molecule has 4 heteroatoms. The molecule has 1 fully saturated rings. The number of nitrogens with zero attached hydrogens (tertiary/aromatic N) is 3. The summed E-state index contributed by atoms with van der Waals surface area (Å²) in [4.78, 5) is 6.73. The van der Waals surface area contributed by atoms with Gasteiger partial charge >= 0.3 is 0 Å². The monoisotopic (exact) mass is 287 g/mol. The van der Waals surface area contributed by atoms with Crippen molar-refractivity contribution in [2.45, 2.75) is 32.2 Å². The van der Waals surface area contributed by atoms with Gasteiger partial charge in [-0.25, -0.2) is 9.37 Å². The molecule has 3 rings (SSSR count). The van der Waals surface area contributed by atoms with E-state index >= 15 is 0 Å². The van der Waals surface area contributed by atoms with Gasteiger partial charge in [-0.15, -0.1) is 0 Å². The summed E-state index contributed by atoms with van der Waals surface area (Å²) in [6.07, 6.45) is 6.15. The Morgan fingerprint density at radius 3 is 3.00 bits per heavy atom. The van der Waals surface area contributed by atoms with E-state index in [0.717, 1.165) is 50.4 Å². The molecule has 0 bridgehead atoms. The fourth-order valence-corrected chi connectivity index (χ4v) is 3.17. The Morgan fingerprint density at radius 1 is 1.33 bits per heavy atom. The van der Waals surface area contributed by atoms with Gasteiger partial charge in [0.1, 0.15) is 11.6 Å². The second-order valence-electron chi connectivity index (χ2n) is 5.86. The Bertz CT molecular complexity index is 593. The standard InChI is InChI=1S/C17H22FN3/c1-14-19-7-11-21(14)9-3-8-20-10-6-16(13-20)15-4-2-5-17(18)12-15/h2,4-5,7,11-12,16H,3,6,8-10,13H2,1H3/t16-/m1/s1. The normalized spacial score (nSPS) is 19.2. The van der Waals surface area contributed by atoms with Crippen molar-refractivity contribution in [3.8, 4) is 0 Å². The molecule has 1 aromatic heterocycles. The maximum atomic E-state index is 13.3. The first-order valence-corrected chi connectivity index (χ1v) is 7.68. The minimum Gasteiger partial charge on any atom is -0.335 e. The lowest BCUT2D eigenvalue weighted by molar-refractivity contribution is 0.320. The fraction of sp³-hybridized carbons (Fsp3) is 0.471. The molecule has 112 valence electrons. The van der Waals surface area contributed by atoms with Gasteiger partial charge in [-0.05, 0) is 56.5 Å². The Morgan fingerprint density at radius 2 is 2.24 bits per heavy atom. The molecule has 0 aliphatic carbocycles. The average Bonchev–Trinajstić information content (AvgIpc) is 3.09. The molecule has 1 aliphatic rings. The predicted molar refractivity (Wildman–Crippen MR) is 81.8 cm³/mol. The molecule has 2 heterocycles. The van der Waals surface area contributed by atoms with Gasteiger partial charge in [0.05, 0.1) is 0 Å². The summed E-state index contributed by atoms with van der Waals surface area (Å²) in [6.45, 7) is 6.32. The first kappa shape index (κ1) is 14.3. The van der Waals surface area contributed by atoms with Crippen LogP contribution in [0.25, 0.3) is 0 Å². The third-order valence-corrected chi connectivity index (χ3v) is 4.39. The Kier molecular flexibility index (Phi) is 4.34. The molecular weight excluding hydrogens is 265 g/mol. The summed E-state index contributed by atoms with van der Waals surface area (Å²) >= 11 is 0. The van der Waals surface area contributed by atoms with Gasteiger partial charge in [0.2, 0.25) is 0 Å². The van der Waals surface area contributed by atoms with E-state index in [4.69, 9.17) is 0 Å². The highest BCUT2D eigenvalue weighted by Crippen LogP contribution is 2.27. The number of aromatic nitrogens is 2. The molecule has 0 radical (unpaired) electrons. The number of benzene rings is 1. The second-order valence-corrected chi connectivity index (χ2v) is 5.86. The van der Waals surface area contributed by atoms with Gasteiger partial charge in [-0.1, -0.05) is 12.1 Å². The molecule has 1 atom stereocenters. The van der Waals surface area contributed by atoms with Crippen LogP contribution in [0.4, 0.5) is 4.39 Å².